The van der Waals surface area contributed by atoms with Crippen molar-refractivity contribution in [1.82, 2.24) is 0 Å². The summed E-state index contributed by atoms with van der Waals surface area (Å²) in [4.78, 5) is 11.7. The predicted octanol–water partition coefficient (Wildman–Crippen LogP) is 1.08. The summed E-state index contributed by atoms with van der Waals surface area (Å²) in [6, 6.07) is 1.09. The van der Waals surface area contributed by atoms with Crippen molar-refractivity contribution in [1.29, 1.82) is 0 Å². The minimum atomic E-state index is -1.60. The molecule has 86 valence electrons. The Hall–Kier alpha value is -1.75. The van der Waals surface area contributed by atoms with Crippen molar-refractivity contribution in [2.75, 3.05) is 0 Å². The highest BCUT2D eigenvalue weighted by Crippen LogP contribution is 2.43. The fourth-order valence-electron chi connectivity index (χ4n) is 1.77. The van der Waals surface area contributed by atoms with E-state index in [1.54, 1.807) is 6.92 Å². The third kappa shape index (κ3) is 1.49. The van der Waals surface area contributed by atoms with E-state index >= 15 is 0 Å². The average Bonchev–Trinajstić information content (AvgIpc) is 2.11. The molecule has 0 unspecified atom stereocenters. The van der Waals surface area contributed by atoms with Gasteiger partial charge < -0.3 is 20.1 Å². The highest BCUT2D eigenvalue weighted by Gasteiger charge is 2.37. The number of rotatable bonds is 0. The van der Waals surface area contributed by atoms with Crippen LogP contribution in [-0.2, 0) is 0 Å². The SMILES string of the molecule is Cc1c(O)cc(O)c2c1O[C@](C)(O)CC2=O. The van der Waals surface area contributed by atoms with Crippen LogP contribution in [0.4, 0.5) is 0 Å². The van der Waals surface area contributed by atoms with Crippen molar-refractivity contribution in [3.8, 4) is 17.2 Å². The van der Waals surface area contributed by atoms with Crippen LogP contribution in [0.2, 0.25) is 0 Å². The van der Waals surface area contributed by atoms with Gasteiger partial charge in [-0.3, -0.25) is 4.79 Å². The van der Waals surface area contributed by atoms with Gasteiger partial charge in [-0.1, -0.05) is 0 Å². The van der Waals surface area contributed by atoms with Gasteiger partial charge in [0.25, 0.3) is 0 Å². The Labute approximate surface area is 91.9 Å². The number of phenols is 2. The molecule has 1 atom stereocenters. The smallest absolute Gasteiger partial charge is 0.212 e. The minimum Gasteiger partial charge on any atom is -0.507 e. The molecule has 0 radical (unpaired) electrons. The number of phenolic OH excluding ortho intramolecular Hbond substituents is 2. The molecule has 3 N–H and O–H groups in total. The van der Waals surface area contributed by atoms with E-state index in [0.717, 1.165) is 6.07 Å². The lowest BCUT2D eigenvalue weighted by atomic mass is 9.95. The molecule has 5 nitrogen and oxygen atoms in total. The van der Waals surface area contributed by atoms with Crippen LogP contribution in [0.15, 0.2) is 6.07 Å². The summed E-state index contributed by atoms with van der Waals surface area (Å²) in [7, 11) is 0. The number of benzene rings is 1. The number of hydrogen-bond acceptors (Lipinski definition) is 5. The summed E-state index contributed by atoms with van der Waals surface area (Å²) in [6.45, 7) is 2.90. The monoisotopic (exact) mass is 224 g/mol. The van der Waals surface area contributed by atoms with E-state index < -0.39 is 11.6 Å². The predicted molar refractivity (Wildman–Crippen MR) is 54.7 cm³/mol. The van der Waals surface area contributed by atoms with E-state index in [0.29, 0.717) is 5.56 Å². The Balaban J connectivity index is 2.70. The van der Waals surface area contributed by atoms with E-state index in [4.69, 9.17) is 4.74 Å². The van der Waals surface area contributed by atoms with Gasteiger partial charge >= 0.3 is 0 Å². The molecule has 2 rings (SSSR count). The molecular weight excluding hydrogens is 212 g/mol. The maximum absolute atomic E-state index is 11.7. The standard InChI is InChI=1S/C11H12O5/c1-5-6(12)3-7(13)9-8(14)4-11(2,15)16-10(5)9/h3,12-13,15H,4H2,1-2H3/t11-/m0/s1. The number of ether oxygens (including phenoxy) is 1. The summed E-state index contributed by atoms with van der Waals surface area (Å²) in [5, 5.41) is 28.7. The Morgan fingerprint density at radius 1 is 1.38 bits per heavy atom. The summed E-state index contributed by atoms with van der Waals surface area (Å²) in [5.74, 6) is -2.49. The van der Waals surface area contributed by atoms with Crippen LogP contribution in [0, 0.1) is 6.92 Å². The molecule has 1 aromatic rings. The summed E-state index contributed by atoms with van der Waals surface area (Å²) in [6.07, 6.45) is -0.224. The van der Waals surface area contributed by atoms with E-state index in [9.17, 15) is 20.1 Å². The second kappa shape index (κ2) is 3.12. The first-order chi connectivity index (χ1) is 7.32. The first-order valence-corrected chi connectivity index (χ1v) is 4.82. The molecule has 0 bridgehead atoms. The number of aromatic hydroxyl groups is 2. The molecule has 0 saturated carbocycles. The van der Waals surface area contributed by atoms with E-state index in [1.165, 1.54) is 6.92 Å². The molecule has 0 spiro atoms. The molecule has 1 aliphatic rings. The molecule has 0 fully saturated rings. The van der Waals surface area contributed by atoms with Gasteiger partial charge in [0, 0.05) is 18.6 Å². The molecule has 0 aliphatic carbocycles. The molecule has 0 amide bonds. The van der Waals surface area contributed by atoms with Crippen LogP contribution in [0.1, 0.15) is 29.3 Å². The zero-order chi connectivity index (χ0) is 12.1. The van der Waals surface area contributed by atoms with Crippen LogP contribution in [0.3, 0.4) is 0 Å². The van der Waals surface area contributed by atoms with Gasteiger partial charge in [-0.2, -0.15) is 0 Å². The molecule has 5 heteroatoms. The van der Waals surface area contributed by atoms with Crippen molar-refractivity contribution in [3.05, 3.63) is 17.2 Å². The molecule has 1 aliphatic heterocycles. The lowest BCUT2D eigenvalue weighted by Gasteiger charge is -2.31. The number of ketones is 1. The van der Waals surface area contributed by atoms with Crippen LogP contribution in [0.25, 0.3) is 0 Å². The first-order valence-electron chi connectivity index (χ1n) is 4.82. The number of hydrogen-bond donors (Lipinski definition) is 3. The van der Waals surface area contributed by atoms with Gasteiger partial charge in [0.15, 0.2) is 5.78 Å². The van der Waals surface area contributed by atoms with Crippen LogP contribution >= 0.6 is 0 Å². The van der Waals surface area contributed by atoms with E-state index in [2.05, 4.69) is 0 Å². The number of carbonyl (C=O) groups is 1. The topological polar surface area (TPSA) is 87.0 Å². The second-order valence-corrected chi connectivity index (χ2v) is 4.12. The number of aliphatic hydroxyl groups is 1. The number of fused-ring (bicyclic) bond motifs is 1. The van der Waals surface area contributed by atoms with Gasteiger partial charge in [-0.25, -0.2) is 0 Å². The van der Waals surface area contributed by atoms with Crippen molar-refractivity contribution in [2.24, 2.45) is 0 Å². The largest absolute Gasteiger partial charge is 0.507 e. The zero-order valence-corrected chi connectivity index (χ0v) is 8.94. The summed E-state index contributed by atoms with van der Waals surface area (Å²) < 4.78 is 5.20. The molecule has 0 saturated heterocycles. The Bertz CT molecular complexity index is 476. The zero-order valence-electron chi connectivity index (χ0n) is 8.94. The van der Waals surface area contributed by atoms with Crippen molar-refractivity contribution >= 4 is 5.78 Å². The van der Waals surface area contributed by atoms with E-state index in [1.807, 2.05) is 0 Å². The van der Waals surface area contributed by atoms with Crippen LogP contribution in [-0.4, -0.2) is 26.9 Å². The normalized spacial score (nSPS) is 23.8. The second-order valence-electron chi connectivity index (χ2n) is 4.12. The van der Waals surface area contributed by atoms with Gasteiger partial charge in [0.05, 0.1) is 6.42 Å². The van der Waals surface area contributed by atoms with Gasteiger partial charge in [0.1, 0.15) is 22.8 Å². The van der Waals surface area contributed by atoms with Crippen molar-refractivity contribution in [3.63, 3.8) is 0 Å². The Kier molecular flexibility index (Phi) is 2.10. The highest BCUT2D eigenvalue weighted by atomic mass is 16.6. The minimum absolute atomic E-state index is 0.0156. The third-order valence-electron chi connectivity index (χ3n) is 2.57. The maximum Gasteiger partial charge on any atom is 0.212 e. The summed E-state index contributed by atoms with van der Waals surface area (Å²) >= 11 is 0. The van der Waals surface area contributed by atoms with Gasteiger partial charge in [-0.05, 0) is 6.92 Å². The molecular formula is C11H12O5. The van der Waals surface area contributed by atoms with Crippen molar-refractivity contribution < 1.29 is 24.9 Å². The van der Waals surface area contributed by atoms with E-state index in [-0.39, 0.29) is 29.2 Å². The Morgan fingerprint density at radius 2 is 2.00 bits per heavy atom. The molecule has 1 aromatic carbocycles. The maximum atomic E-state index is 11.7. The van der Waals surface area contributed by atoms with Crippen LogP contribution in [0.5, 0.6) is 17.2 Å². The molecule has 1 heterocycles. The fourth-order valence-corrected chi connectivity index (χ4v) is 1.77. The van der Waals surface area contributed by atoms with Gasteiger partial charge in [0.2, 0.25) is 5.79 Å². The van der Waals surface area contributed by atoms with Crippen LogP contribution < -0.4 is 4.74 Å². The number of carbonyl (C=O) groups excluding carboxylic acids is 1. The van der Waals surface area contributed by atoms with Crippen molar-refractivity contribution in [2.45, 2.75) is 26.1 Å². The highest BCUT2D eigenvalue weighted by molar-refractivity contribution is 6.03. The lowest BCUT2D eigenvalue weighted by molar-refractivity contribution is -0.123. The quantitative estimate of drug-likeness (QED) is 0.613. The average molecular weight is 224 g/mol. The lowest BCUT2D eigenvalue weighted by Crippen LogP contribution is -2.39. The molecule has 0 aromatic heterocycles. The fraction of sp³-hybridized carbons (Fsp3) is 0.364. The first kappa shape index (κ1) is 10.8. The number of Topliss-reactive ketones (excluding diaryl/α,β-unsaturated/α-hetero) is 1. The van der Waals surface area contributed by atoms with Gasteiger partial charge in [-0.15, -0.1) is 0 Å². The summed E-state index contributed by atoms with van der Waals surface area (Å²) in [5.41, 5.74) is 0.336. The molecule has 16 heavy (non-hydrogen) atoms. The third-order valence-corrected chi connectivity index (χ3v) is 2.57. The Morgan fingerprint density at radius 3 is 2.62 bits per heavy atom.